The van der Waals surface area contributed by atoms with Gasteiger partial charge in [0.05, 0.1) is 0 Å². The molecule has 108 valence electrons. The highest BCUT2D eigenvalue weighted by molar-refractivity contribution is 5.75. The quantitative estimate of drug-likeness (QED) is 0.750. The summed E-state index contributed by atoms with van der Waals surface area (Å²) in [5.41, 5.74) is 1.98. The Balaban J connectivity index is 2.36. The molecule has 1 rings (SSSR count). The van der Waals surface area contributed by atoms with E-state index in [0.717, 1.165) is 11.1 Å². The van der Waals surface area contributed by atoms with Crippen molar-refractivity contribution in [2.75, 3.05) is 6.61 Å². The first-order valence-corrected chi connectivity index (χ1v) is 6.51. The Labute approximate surface area is 119 Å². The van der Waals surface area contributed by atoms with Crippen LogP contribution in [0.2, 0.25) is 0 Å². The summed E-state index contributed by atoms with van der Waals surface area (Å²) < 4.78 is 4.80. The maximum atomic E-state index is 11.2. The molecular weight excluding hydrogens is 256 g/mol. The Morgan fingerprint density at radius 2 is 1.70 bits per heavy atom. The van der Waals surface area contributed by atoms with Crippen LogP contribution in [-0.2, 0) is 22.6 Å². The van der Waals surface area contributed by atoms with Gasteiger partial charge < -0.3 is 15.4 Å². The van der Waals surface area contributed by atoms with Gasteiger partial charge in [0.15, 0.2) is 0 Å². The van der Waals surface area contributed by atoms with Crippen LogP contribution < -0.4 is 10.6 Å². The number of hydrogen-bond acceptors (Lipinski definition) is 3. The van der Waals surface area contributed by atoms with Gasteiger partial charge in [-0.25, -0.2) is 4.79 Å². The summed E-state index contributed by atoms with van der Waals surface area (Å²) in [6.45, 7) is 6.39. The first-order valence-electron chi connectivity index (χ1n) is 6.51. The minimum absolute atomic E-state index is 0.0284. The largest absolute Gasteiger partial charge is 0.445 e. The van der Waals surface area contributed by atoms with Gasteiger partial charge in [-0.2, -0.15) is 0 Å². The van der Waals surface area contributed by atoms with Gasteiger partial charge in [0.25, 0.3) is 0 Å². The van der Waals surface area contributed by atoms with Crippen LogP contribution in [0.15, 0.2) is 36.9 Å². The fourth-order valence-corrected chi connectivity index (χ4v) is 1.46. The Kier molecular flexibility index (Phi) is 6.89. The summed E-state index contributed by atoms with van der Waals surface area (Å²) in [5, 5.41) is 5.44. The molecule has 0 aliphatic heterocycles. The molecule has 0 aliphatic rings. The molecule has 1 aromatic carbocycles. The average Bonchev–Trinajstić information content (AvgIpc) is 2.49. The first kappa shape index (κ1) is 15.8. The number of nitrogens with one attached hydrogen (secondary N) is 2. The molecular formula is C15H20N2O3. The third-order valence-corrected chi connectivity index (χ3v) is 2.60. The second-order valence-corrected chi connectivity index (χ2v) is 4.19. The zero-order valence-electron chi connectivity index (χ0n) is 11.6. The van der Waals surface area contributed by atoms with E-state index in [1.807, 2.05) is 31.2 Å². The van der Waals surface area contributed by atoms with E-state index in [0.29, 0.717) is 19.5 Å². The molecule has 2 N–H and O–H groups in total. The zero-order chi connectivity index (χ0) is 14.8. The Morgan fingerprint density at radius 1 is 1.15 bits per heavy atom. The van der Waals surface area contributed by atoms with Crippen LogP contribution in [0.4, 0.5) is 4.79 Å². The molecule has 0 aliphatic carbocycles. The van der Waals surface area contributed by atoms with Gasteiger partial charge in [-0.05, 0) is 11.1 Å². The van der Waals surface area contributed by atoms with Crippen molar-refractivity contribution < 1.29 is 14.3 Å². The maximum absolute atomic E-state index is 11.2. The van der Waals surface area contributed by atoms with E-state index in [1.165, 1.54) is 6.08 Å². The minimum Gasteiger partial charge on any atom is -0.445 e. The number of hydrogen-bond donors (Lipinski definition) is 2. The smallest absolute Gasteiger partial charge is 0.407 e. The van der Waals surface area contributed by atoms with E-state index in [4.69, 9.17) is 4.74 Å². The fourth-order valence-electron chi connectivity index (χ4n) is 1.46. The summed E-state index contributed by atoms with van der Waals surface area (Å²) in [6, 6.07) is 7.65. The standard InChI is InChI=1S/C15H20N2O3/c1-3-9-20-15(19)17-11-13-7-5-12(6-8-13)10-16-14(18)4-2/h3,5-8H,1,4,9-11H2,2H3,(H,16,18)(H,17,19). The normalized spacial score (nSPS) is 9.65. The predicted molar refractivity (Wildman–Crippen MR) is 77.0 cm³/mol. The lowest BCUT2D eigenvalue weighted by atomic mass is 10.1. The molecule has 2 amide bonds. The van der Waals surface area contributed by atoms with Crippen molar-refractivity contribution in [1.29, 1.82) is 0 Å². The van der Waals surface area contributed by atoms with E-state index in [-0.39, 0.29) is 12.5 Å². The predicted octanol–water partition coefficient (Wildman–Crippen LogP) is 2.12. The van der Waals surface area contributed by atoms with Crippen molar-refractivity contribution in [2.24, 2.45) is 0 Å². The Bertz CT molecular complexity index is 455. The van der Waals surface area contributed by atoms with Crippen LogP contribution in [0.3, 0.4) is 0 Å². The molecule has 0 unspecified atom stereocenters. The summed E-state index contributed by atoms with van der Waals surface area (Å²) in [4.78, 5) is 22.4. The van der Waals surface area contributed by atoms with Crippen LogP contribution in [0.5, 0.6) is 0 Å². The van der Waals surface area contributed by atoms with Crippen LogP contribution in [0, 0.1) is 0 Å². The Morgan fingerprint density at radius 3 is 2.20 bits per heavy atom. The average molecular weight is 276 g/mol. The van der Waals surface area contributed by atoms with Crippen molar-refractivity contribution in [2.45, 2.75) is 26.4 Å². The molecule has 0 radical (unpaired) electrons. The van der Waals surface area contributed by atoms with Crippen LogP contribution in [0.1, 0.15) is 24.5 Å². The van der Waals surface area contributed by atoms with Crippen molar-refractivity contribution in [3.05, 3.63) is 48.0 Å². The molecule has 1 aromatic rings. The number of alkyl carbamates (subject to hydrolysis) is 1. The van der Waals surface area contributed by atoms with Gasteiger partial charge >= 0.3 is 6.09 Å². The van der Waals surface area contributed by atoms with Crippen LogP contribution >= 0.6 is 0 Å². The number of amides is 2. The molecule has 0 aromatic heterocycles. The molecule has 5 heteroatoms. The molecule has 0 bridgehead atoms. The van der Waals surface area contributed by atoms with Crippen LogP contribution in [-0.4, -0.2) is 18.6 Å². The third-order valence-electron chi connectivity index (χ3n) is 2.60. The molecule has 0 atom stereocenters. The third kappa shape index (κ3) is 6.04. The van der Waals surface area contributed by atoms with E-state index >= 15 is 0 Å². The highest BCUT2D eigenvalue weighted by Gasteiger charge is 2.01. The molecule has 20 heavy (non-hydrogen) atoms. The minimum atomic E-state index is -0.468. The molecule has 0 heterocycles. The second kappa shape index (κ2) is 8.74. The van der Waals surface area contributed by atoms with Gasteiger partial charge in [-0.15, -0.1) is 0 Å². The number of benzene rings is 1. The van der Waals surface area contributed by atoms with E-state index in [9.17, 15) is 9.59 Å². The zero-order valence-corrected chi connectivity index (χ0v) is 11.6. The van der Waals surface area contributed by atoms with Gasteiger partial charge in [0.1, 0.15) is 6.61 Å². The summed E-state index contributed by atoms with van der Waals surface area (Å²) >= 11 is 0. The topological polar surface area (TPSA) is 67.4 Å². The second-order valence-electron chi connectivity index (χ2n) is 4.19. The number of rotatable bonds is 7. The van der Waals surface area contributed by atoms with Gasteiger partial charge in [0.2, 0.25) is 5.91 Å². The lowest BCUT2D eigenvalue weighted by Gasteiger charge is -2.07. The monoisotopic (exact) mass is 276 g/mol. The maximum Gasteiger partial charge on any atom is 0.407 e. The van der Waals surface area contributed by atoms with Crippen LogP contribution in [0.25, 0.3) is 0 Å². The number of carbonyl (C=O) groups excluding carboxylic acids is 2. The van der Waals surface area contributed by atoms with Gasteiger partial charge in [-0.3, -0.25) is 4.79 Å². The van der Waals surface area contributed by atoms with Gasteiger partial charge in [-0.1, -0.05) is 43.8 Å². The Hall–Kier alpha value is -2.30. The number of ether oxygens (including phenoxy) is 1. The SMILES string of the molecule is C=CCOC(=O)NCc1ccc(CNC(=O)CC)cc1. The van der Waals surface area contributed by atoms with Crippen molar-refractivity contribution >= 4 is 12.0 Å². The van der Waals surface area contributed by atoms with E-state index in [2.05, 4.69) is 17.2 Å². The lowest BCUT2D eigenvalue weighted by molar-refractivity contribution is -0.120. The fraction of sp³-hybridized carbons (Fsp3) is 0.333. The summed E-state index contributed by atoms with van der Waals surface area (Å²) in [5.74, 6) is 0.0284. The van der Waals surface area contributed by atoms with Crippen molar-refractivity contribution in [3.8, 4) is 0 Å². The van der Waals surface area contributed by atoms with E-state index < -0.39 is 6.09 Å². The number of carbonyl (C=O) groups is 2. The summed E-state index contributed by atoms with van der Waals surface area (Å²) in [6.07, 6.45) is 1.53. The van der Waals surface area contributed by atoms with Gasteiger partial charge in [0, 0.05) is 19.5 Å². The molecule has 0 saturated carbocycles. The lowest BCUT2D eigenvalue weighted by Crippen LogP contribution is -2.24. The highest BCUT2D eigenvalue weighted by Crippen LogP contribution is 2.04. The van der Waals surface area contributed by atoms with Crippen molar-refractivity contribution in [1.82, 2.24) is 10.6 Å². The molecule has 0 spiro atoms. The molecule has 0 saturated heterocycles. The highest BCUT2D eigenvalue weighted by atomic mass is 16.5. The summed E-state index contributed by atoms with van der Waals surface area (Å²) in [7, 11) is 0. The van der Waals surface area contributed by atoms with E-state index in [1.54, 1.807) is 0 Å². The first-order chi connectivity index (χ1) is 9.65. The molecule has 5 nitrogen and oxygen atoms in total. The molecule has 0 fully saturated rings. The van der Waals surface area contributed by atoms with Crippen molar-refractivity contribution in [3.63, 3.8) is 0 Å².